The van der Waals surface area contributed by atoms with Crippen LogP contribution in [0.5, 0.6) is 11.5 Å². The Bertz CT molecular complexity index is 1180. The number of methoxy groups -OCH3 is 2. The van der Waals surface area contributed by atoms with E-state index in [9.17, 15) is 8.42 Å². The molecule has 30 heavy (non-hydrogen) atoms. The van der Waals surface area contributed by atoms with Crippen LogP contribution < -0.4 is 14.2 Å². The van der Waals surface area contributed by atoms with E-state index in [1.54, 1.807) is 18.2 Å². The molecule has 7 nitrogen and oxygen atoms in total. The summed E-state index contributed by atoms with van der Waals surface area (Å²) in [5.41, 5.74) is 2.83. The minimum absolute atomic E-state index is 0.0854. The molecule has 1 aromatic heterocycles. The van der Waals surface area contributed by atoms with E-state index in [-0.39, 0.29) is 28.1 Å². The van der Waals surface area contributed by atoms with Crippen LogP contribution in [0.4, 0.5) is 5.82 Å². The molecule has 158 valence electrons. The molecular formula is C21H21BrN2O5S. The third-order valence-corrected chi connectivity index (χ3v) is 7.21. The Kier molecular flexibility index (Phi) is 5.50. The lowest BCUT2D eigenvalue weighted by Crippen LogP contribution is -2.18. The SMILES string of the molecule is CC[C@@H]1Cc2c(NS(=O)(=O)c3c(OC)cccc3OC)noc2-c2cc(Br)ccc21. The molecular weight excluding hydrogens is 472 g/mol. The van der Waals surface area contributed by atoms with Gasteiger partial charge in [0.25, 0.3) is 10.0 Å². The molecule has 3 aromatic rings. The van der Waals surface area contributed by atoms with E-state index in [4.69, 9.17) is 14.0 Å². The van der Waals surface area contributed by atoms with Gasteiger partial charge in [-0.05, 0) is 48.6 Å². The van der Waals surface area contributed by atoms with Crippen LogP contribution in [0, 0.1) is 0 Å². The number of aromatic nitrogens is 1. The van der Waals surface area contributed by atoms with Crippen LogP contribution >= 0.6 is 15.9 Å². The van der Waals surface area contributed by atoms with Crippen molar-refractivity contribution in [3.8, 4) is 22.8 Å². The molecule has 1 heterocycles. The van der Waals surface area contributed by atoms with Gasteiger partial charge in [0.2, 0.25) is 0 Å². The molecule has 1 N–H and O–H groups in total. The van der Waals surface area contributed by atoms with E-state index in [1.807, 2.05) is 12.1 Å². The Morgan fingerprint density at radius 2 is 1.90 bits per heavy atom. The zero-order valence-electron chi connectivity index (χ0n) is 16.7. The van der Waals surface area contributed by atoms with Gasteiger partial charge in [-0.25, -0.2) is 8.42 Å². The highest BCUT2D eigenvalue weighted by atomic mass is 79.9. The van der Waals surface area contributed by atoms with Gasteiger partial charge in [-0.15, -0.1) is 0 Å². The Morgan fingerprint density at radius 3 is 2.53 bits per heavy atom. The average Bonchev–Trinajstić information content (AvgIpc) is 3.14. The van der Waals surface area contributed by atoms with E-state index in [2.05, 4.69) is 38.8 Å². The van der Waals surface area contributed by atoms with Crippen LogP contribution in [-0.2, 0) is 16.4 Å². The summed E-state index contributed by atoms with van der Waals surface area (Å²) in [7, 11) is -1.23. The van der Waals surface area contributed by atoms with Crippen molar-refractivity contribution in [2.45, 2.75) is 30.6 Å². The van der Waals surface area contributed by atoms with Gasteiger partial charge in [-0.1, -0.05) is 40.1 Å². The summed E-state index contributed by atoms with van der Waals surface area (Å²) in [4.78, 5) is -0.0854. The predicted molar refractivity (Wildman–Crippen MR) is 117 cm³/mol. The molecule has 0 saturated heterocycles. The van der Waals surface area contributed by atoms with Gasteiger partial charge in [0.05, 0.1) is 14.2 Å². The zero-order valence-corrected chi connectivity index (χ0v) is 19.1. The van der Waals surface area contributed by atoms with Crippen LogP contribution in [0.2, 0.25) is 0 Å². The third-order valence-electron chi connectivity index (χ3n) is 5.31. The molecule has 1 aliphatic carbocycles. The molecule has 0 bridgehead atoms. The number of hydrogen-bond acceptors (Lipinski definition) is 6. The Morgan fingerprint density at radius 1 is 1.20 bits per heavy atom. The van der Waals surface area contributed by atoms with Crippen LogP contribution in [0.3, 0.4) is 0 Å². The van der Waals surface area contributed by atoms with Crippen molar-refractivity contribution in [3.63, 3.8) is 0 Å². The molecule has 0 amide bonds. The predicted octanol–water partition coefficient (Wildman–Crippen LogP) is 4.97. The quantitative estimate of drug-likeness (QED) is 0.522. The van der Waals surface area contributed by atoms with E-state index < -0.39 is 10.0 Å². The number of anilines is 1. The number of sulfonamides is 1. The highest BCUT2D eigenvalue weighted by molar-refractivity contribution is 9.10. The van der Waals surface area contributed by atoms with Gasteiger partial charge in [0, 0.05) is 15.6 Å². The molecule has 0 fully saturated rings. The third kappa shape index (κ3) is 3.45. The molecule has 0 unspecified atom stereocenters. The number of ether oxygens (including phenoxy) is 2. The molecule has 2 aromatic carbocycles. The van der Waals surface area contributed by atoms with Crippen LogP contribution in [0.1, 0.15) is 30.4 Å². The van der Waals surface area contributed by atoms with Crippen molar-refractivity contribution < 1.29 is 22.4 Å². The molecule has 0 aliphatic heterocycles. The van der Waals surface area contributed by atoms with E-state index in [0.717, 1.165) is 22.0 Å². The van der Waals surface area contributed by atoms with Crippen molar-refractivity contribution in [2.75, 3.05) is 18.9 Å². The maximum atomic E-state index is 13.2. The summed E-state index contributed by atoms with van der Waals surface area (Å²) < 4.78 is 46.1. The number of halogens is 1. The molecule has 0 saturated carbocycles. The lowest BCUT2D eigenvalue weighted by Gasteiger charge is -2.24. The number of benzene rings is 2. The minimum Gasteiger partial charge on any atom is -0.495 e. The lowest BCUT2D eigenvalue weighted by molar-refractivity contribution is 0.373. The normalized spacial score (nSPS) is 15.3. The lowest BCUT2D eigenvalue weighted by atomic mass is 9.81. The highest BCUT2D eigenvalue weighted by Crippen LogP contribution is 2.45. The minimum atomic E-state index is -4.04. The summed E-state index contributed by atoms with van der Waals surface area (Å²) in [6, 6.07) is 10.8. The first kappa shape index (κ1) is 20.7. The molecule has 0 spiro atoms. The second kappa shape index (κ2) is 7.96. The van der Waals surface area contributed by atoms with Crippen molar-refractivity contribution >= 4 is 31.8 Å². The van der Waals surface area contributed by atoms with Gasteiger partial charge in [0.15, 0.2) is 16.5 Å². The molecule has 0 radical (unpaired) electrons. The number of nitrogens with one attached hydrogen (secondary N) is 1. The standard InChI is InChI=1S/C21H21BrN2O5S/c1-4-12-10-16-19(15-11-13(22)8-9-14(12)15)29-23-21(16)24-30(25,26)20-17(27-2)6-5-7-18(20)28-3/h5-9,11-12H,4,10H2,1-3H3,(H,23,24)/t12-/m1/s1. The number of nitrogens with zero attached hydrogens (tertiary/aromatic N) is 1. The van der Waals surface area contributed by atoms with Crippen LogP contribution in [0.15, 0.2) is 50.3 Å². The molecule has 1 atom stereocenters. The van der Waals surface area contributed by atoms with E-state index in [1.165, 1.54) is 19.8 Å². The Labute approximate surface area is 183 Å². The number of fused-ring (bicyclic) bond motifs is 3. The van der Waals surface area contributed by atoms with Crippen molar-refractivity contribution in [3.05, 3.63) is 52.0 Å². The van der Waals surface area contributed by atoms with Crippen LogP contribution in [-0.4, -0.2) is 27.8 Å². The maximum Gasteiger partial charge on any atom is 0.270 e. The monoisotopic (exact) mass is 492 g/mol. The summed E-state index contributed by atoms with van der Waals surface area (Å²) >= 11 is 3.50. The topological polar surface area (TPSA) is 90.7 Å². The molecule has 9 heteroatoms. The number of rotatable bonds is 6. The van der Waals surface area contributed by atoms with Gasteiger partial charge in [-0.2, -0.15) is 0 Å². The van der Waals surface area contributed by atoms with Crippen LogP contribution in [0.25, 0.3) is 11.3 Å². The van der Waals surface area contributed by atoms with E-state index >= 15 is 0 Å². The summed E-state index contributed by atoms with van der Waals surface area (Å²) in [6.07, 6.45) is 1.54. The molecule has 4 rings (SSSR count). The van der Waals surface area contributed by atoms with Gasteiger partial charge in [0.1, 0.15) is 11.5 Å². The first-order chi connectivity index (χ1) is 14.4. The van der Waals surface area contributed by atoms with Gasteiger partial charge < -0.3 is 14.0 Å². The Balaban J connectivity index is 1.79. The fourth-order valence-electron chi connectivity index (χ4n) is 3.85. The summed E-state index contributed by atoms with van der Waals surface area (Å²) in [6.45, 7) is 2.11. The maximum absolute atomic E-state index is 13.2. The summed E-state index contributed by atoms with van der Waals surface area (Å²) in [5, 5.41) is 4.05. The Hall–Kier alpha value is -2.52. The fraction of sp³-hybridized carbons (Fsp3) is 0.286. The zero-order chi connectivity index (χ0) is 21.5. The second-order valence-corrected chi connectivity index (χ2v) is 9.51. The average molecular weight is 493 g/mol. The second-order valence-electron chi connectivity index (χ2n) is 6.98. The summed E-state index contributed by atoms with van der Waals surface area (Å²) in [5.74, 6) is 1.37. The van der Waals surface area contributed by atoms with Crippen molar-refractivity contribution in [1.82, 2.24) is 5.16 Å². The van der Waals surface area contributed by atoms with Crippen molar-refractivity contribution in [2.24, 2.45) is 0 Å². The van der Waals surface area contributed by atoms with Gasteiger partial charge in [-0.3, -0.25) is 4.72 Å². The first-order valence-corrected chi connectivity index (χ1v) is 11.7. The van der Waals surface area contributed by atoms with E-state index in [0.29, 0.717) is 12.2 Å². The number of hydrogen-bond donors (Lipinski definition) is 1. The highest BCUT2D eigenvalue weighted by Gasteiger charge is 2.33. The first-order valence-electron chi connectivity index (χ1n) is 9.41. The smallest absolute Gasteiger partial charge is 0.270 e. The van der Waals surface area contributed by atoms with Crippen molar-refractivity contribution in [1.29, 1.82) is 0 Å². The fourth-order valence-corrected chi connectivity index (χ4v) is 5.56. The molecule has 1 aliphatic rings. The largest absolute Gasteiger partial charge is 0.495 e. The van der Waals surface area contributed by atoms with Gasteiger partial charge >= 0.3 is 0 Å².